The second-order valence-electron chi connectivity index (χ2n) is 8.16. The highest BCUT2D eigenvalue weighted by Crippen LogP contribution is 2.35. The largest absolute Gasteiger partial charge is 0.482 e. The number of rotatable bonds is 5. The van der Waals surface area contributed by atoms with Gasteiger partial charge < -0.3 is 18.9 Å². The number of para-hydroxylation sites is 3. The summed E-state index contributed by atoms with van der Waals surface area (Å²) < 4.78 is 14.0. The van der Waals surface area contributed by atoms with Crippen LogP contribution >= 0.6 is 11.6 Å². The lowest BCUT2D eigenvalue weighted by Crippen LogP contribution is -2.41. The quantitative estimate of drug-likeness (QED) is 0.573. The minimum Gasteiger partial charge on any atom is -0.482 e. The number of hydrogen-bond donors (Lipinski definition) is 0. The van der Waals surface area contributed by atoms with Gasteiger partial charge in [0, 0.05) is 25.7 Å². The maximum absolute atomic E-state index is 12.7. The molecule has 2 aliphatic rings. The third-order valence-electron chi connectivity index (χ3n) is 6.21. The topological polar surface area (TPSA) is 56.6 Å². The first-order valence-electron chi connectivity index (χ1n) is 10.9. The molecule has 0 radical (unpaired) electrons. The second-order valence-corrected chi connectivity index (χ2v) is 8.57. The summed E-state index contributed by atoms with van der Waals surface area (Å²) >= 11 is 6.12. The van der Waals surface area contributed by atoms with Crippen molar-refractivity contribution < 1.29 is 14.3 Å². The average molecular weight is 440 g/mol. The van der Waals surface area contributed by atoms with Gasteiger partial charge in [-0.05, 0) is 49.9 Å². The summed E-state index contributed by atoms with van der Waals surface area (Å²) in [6.07, 6.45) is 3.93. The lowest BCUT2D eigenvalue weighted by atomic mass is 10.0. The molecule has 2 aliphatic heterocycles. The summed E-state index contributed by atoms with van der Waals surface area (Å²) in [5.74, 6) is 1.57. The van der Waals surface area contributed by atoms with Gasteiger partial charge in [0.05, 0.1) is 16.1 Å². The van der Waals surface area contributed by atoms with E-state index in [2.05, 4.69) is 22.8 Å². The zero-order valence-electron chi connectivity index (χ0n) is 17.4. The summed E-state index contributed by atoms with van der Waals surface area (Å²) in [4.78, 5) is 19.5. The highest BCUT2D eigenvalue weighted by atomic mass is 35.5. The summed E-state index contributed by atoms with van der Waals surface area (Å²) in [6.45, 7) is 2.20. The number of carbonyl (C=O) groups is 1. The predicted octanol–water partition coefficient (Wildman–Crippen LogP) is 4.78. The van der Waals surface area contributed by atoms with Crippen molar-refractivity contribution in [3.63, 3.8) is 0 Å². The van der Waals surface area contributed by atoms with Gasteiger partial charge in [0.2, 0.25) is 0 Å². The molecule has 0 bridgehead atoms. The number of benzene rings is 2. The van der Waals surface area contributed by atoms with Crippen molar-refractivity contribution >= 4 is 28.5 Å². The van der Waals surface area contributed by atoms with E-state index in [1.807, 2.05) is 23.1 Å². The first kappa shape index (κ1) is 20.3. The third kappa shape index (κ3) is 4.14. The van der Waals surface area contributed by atoms with E-state index in [-0.39, 0.29) is 18.6 Å². The number of hydrogen-bond acceptors (Lipinski definition) is 4. The number of fused-ring (bicyclic) bond motifs is 1. The molecule has 2 fully saturated rings. The normalized spacial score (nSPS) is 19.8. The molecule has 3 heterocycles. The fourth-order valence-corrected chi connectivity index (χ4v) is 4.81. The van der Waals surface area contributed by atoms with Gasteiger partial charge in [-0.1, -0.05) is 35.9 Å². The number of imidazole rings is 1. The zero-order chi connectivity index (χ0) is 21.2. The standard InChI is InChI=1S/C24H26ClN3O3/c25-18-6-1-4-9-21(18)31-16-23(29)27-13-11-17(12-14-27)28-20-8-3-2-7-19(20)26-24(28)22-10-5-15-30-22/h1-4,6-9,17,22H,5,10-16H2. The molecule has 5 rings (SSSR count). The molecule has 0 spiro atoms. The van der Waals surface area contributed by atoms with Crippen molar-refractivity contribution in [2.75, 3.05) is 26.3 Å². The minimum absolute atomic E-state index is 0.00354. The molecule has 7 heteroatoms. The number of aromatic nitrogens is 2. The smallest absolute Gasteiger partial charge is 0.260 e. The maximum atomic E-state index is 12.7. The second kappa shape index (κ2) is 8.89. The predicted molar refractivity (Wildman–Crippen MR) is 119 cm³/mol. The van der Waals surface area contributed by atoms with Crippen LogP contribution in [0.3, 0.4) is 0 Å². The highest BCUT2D eigenvalue weighted by Gasteiger charge is 2.30. The Kier molecular flexibility index (Phi) is 5.83. The minimum atomic E-state index is -0.00629. The Labute approximate surface area is 186 Å². The lowest BCUT2D eigenvalue weighted by molar-refractivity contribution is -0.134. The molecule has 31 heavy (non-hydrogen) atoms. The molecule has 0 aliphatic carbocycles. The van der Waals surface area contributed by atoms with Gasteiger partial charge in [-0.3, -0.25) is 4.79 Å². The van der Waals surface area contributed by atoms with E-state index in [0.717, 1.165) is 49.1 Å². The van der Waals surface area contributed by atoms with E-state index in [1.165, 1.54) is 0 Å². The summed E-state index contributed by atoms with van der Waals surface area (Å²) in [6, 6.07) is 15.8. The highest BCUT2D eigenvalue weighted by molar-refractivity contribution is 6.32. The molecule has 3 aromatic rings. The Morgan fingerprint density at radius 2 is 1.87 bits per heavy atom. The fraction of sp³-hybridized carbons (Fsp3) is 0.417. The number of halogens is 1. The van der Waals surface area contributed by atoms with Gasteiger partial charge >= 0.3 is 0 Å². The zero-order valence-corrected chi connectivity index (χ0v) is 18.1. The Bertz CT molecular complexity index is 1070. The van der Waals surface area contributed by atoms with E-state index in [0.29, 0.717) is 29.9 Å². The summed E-state index contributed by atoms with van der Waals surface area (Å²) in [5, 5.41) is 0.516. The van der Waals surface area contributed by atoms with Gasteiger partial charge in [-0.25, -0.2) is 4.98 Å². The van der Waals surface area contributed by atoms with Crippen LogP contribution in [0, 0.1) is 0 Å². The van der Waals surface area contributed by atoms with Gasteiger partial charge in [0.1, 0.15) is 17.7 Å². The Morgan fingerprint density at radius 1 is 1.10 bits per heavy atom. The van der Waals surface area contributed by atoms with Crippen molar-refractivity contribution in [2.24, 2.45) is 0 Å². The Morgan fingerprint density at radius 3 is 2.65 bits per heavy atom. The molecule has 162 valence electrons. The molecule has 1 unspecified atom stereocenters. The molecule has 2 aromatic carbocycles. The Hall–Kier alpha value is -2.57. The molecule has 1 atom stereocenters. The van der Waals surface area contributed by atoms with Crippen LogP contribution < -0.4 is 4.74 Å². The molecule has 0 saturated carbocycles. The van der Waals surface area contributed by atoms with Crippen LogP contribution in [0.15, 0.2) is 48.5 Å². The van der Waals surface area contributed by atoms with E-state index in [9.17, 15) is 4.79 Å². The number of likely N-dealkylation sites (tertiary alicyclic amines) is 1. The SMILES string of the molecule is O=C(COc1ccccc1Cl)N1CCC(n2c(C3CCCO3)nc3ccccc32)CC1. The number of nitrogens with zero attached hydrogens (tertiary/aromatic N) is 3. The average Bonchev–Trinajstić information content (AvgIpc) is 3.46. The monoisotopic (exact) mass is 439 g/mol. The van der Waals surface area contributed by atoms with Crippen LogP contribution in [-0.4, -0.2) is 46.7 Å². The molecule has 1 amide bonds. The molecular formula is C24H26ClN3O3. The molecular weight excluding hydrogens is 414 g/mol. The van der Waals surface area contributed by atoms with Gasteiger partial charge in [-0.15, -0.1) is 0 Å². The number of ether oxygens (including phenoxy) is 2. The third-order valence-corrected chi connectivity index (χ3v) is 6.52. The maximum Gasteiger partial charge on any atom is 0.260 e. The van der Waals surface area contributed by atoms with Crippen molar-refractivity contribution in [3.05, 3.63) is 59.4 Å². The number of carbonyl (C=O) groups excluding carboxylic acids is 1. The molecule has 2 saturated heterocycles. The van der Waals surface area contributed by atoms with Crippen LogP contribution in [0.4, 0.5) is 0 Å². The van der Waals surface area contributed by atoms with Crippen molar-refractivity contribution in [3.8, 4) is 5.75 Å². The molecule has 1 aromatic heterocycles. The van der Waals surface area contributed by atoms with E-state index in [4.69, 9.17) is 26.1 Å². The van der Waals surface area contributed by atoms with Crippen LogP contribution in [0.2, 0.25) is 5.02 Å². The first-order chi connectivity index (χ1) is 15.2. The summed E-state index contributed by atoms with van der Waals surface area (Å²) in [7, 11) is 0. The van der Waals surface area contributed by atoms with E-state index >= 15 is 0 Å². The lowest BCUT2D eigenvalue weighted by Gasteiger charge is -2.34. The van der Waals surface area contributed by atoms with Crippen LogP contribution in [0.25, 0.3) is 11.0 Å². The van der Waals surface area contributed by atoms with Crippen molar-refractivity contribution in [1.29, 1.82) is 0 Å². The van der Waals surface area contributed by atoms with Crippen LogP contribution in [-0.2, 0) is 9.53 Å². The fourth-order valence-electron chi connectivity index (χ4n) is 4.62. The molecule has 0 N–H and O–H groups in total. The van der Waals surface area contributed by atoms with Crippen LogP contribution in [0.5, 0.6) is 5.75 Å². The Balaban J connectivity index is 1.27. The van der Waals surface area contributed by atoms with Gasteiger partial charge in [0.25, 0.3) is 5.91 Å². The van der Waals surface area contributed by atoms with Crippen molar-refractivity contribution in [1.82, 2.24) is 14.5 Å². The van der Waals surface area contributed by atoms with Gasteiger partial charge in [0.15, 0.2) is 6.61 Å². The summed E-state index contributed by atoms with van der Waals surface area (Å²) in [5.41, 5.74) is 2.17. The first-order valence-corrected chi connectivity index (χ1v) is 11.3. The van der Waals surface area contributed by atoms with E-state index in [1.54, 1.807) is 12.1 Å². The molecule has 6 nitrogen and oxygen atoms in total. The van der Waals surface area contributed by atoms with E-state index < -0.39 is 0 Å². The number of piperidine rings is 1. The van der Waals surface area contributed by atoms with Crippen molar-refractivity contribution in [2.45, 2.75) is 37.8 Å². The number of amides is 1. The van der Waals surface area contributed by atoms with Gasteiger partial charge in [-0.2, -0.15) is 0 Å². The van der Waals surface area contributed by atoms with Crippen LogP contribution in [0.1, 0.15) is 43.7 Å².